The molecule has 1 fully saturated rings. The minimum Gasteiger partial charge on any atom is -0.457 e. The number of ether oxygens (including phenoxy) is 2. The molecule has 6 nitrogen and oxygen atoms in total. The van der Waals surface area contributed by atoms with Crippen molar-refractivity contribution in [2.24, 2.45) is 0 Å². The molecule has 1 saturated heterocycles. The van der Waals surface area contributed by atoms with Crippen LogP contribution in [0, 0.1) is 6.92 Å². The van der Waals surface area contributed by atoms with E-state index < -0.39 is 16.0 Å². The second-order valence-corrected chi connectivity index (χ2v) is 8.53. The Morgan fingerprint density at radius 1 is 1.28 bits per heavy atom. The number of sulfonamides is 1. The topological polar surface area (TPSA) is 72.9 Å². The van der Waals surface area contributed by atoms with E-state index in [-0.39, 0.29) is 11.5 Å². The molecule has 0 radical (unpaired) electrons. The fourth-order valence-corrected chi connectivity index (χ4v) is 4.82. The van der Waals surface area contributed by atoms with Gasteiger partial charge in [-0.25, -0.2) is 13.2 Å². The molecule has 1 aromatic carbocycles. The first-order chi connectivity index (χ1) is 12.0. The summed E-state index contributed by atoms with van der Waals surface area (Å²) in [5.74, 6) is -0.395. The number of rotatable bonds is 5. The average molecular weight is 381 g/mol. The zero-order chi connectivity index (χ0) is 17.9. The maximum Gasteiger partial charge on any atom is 0.348 e. The van der Waals surface area contributed by atoms with Crippen LogP contribution in [-0.4, -0.2) is 45.0 Å². The lowest BCUT2D eigenvalue weighted by atomic mass is 10.2. The van der Waals surface area contributed by atoms with E-state index in [9.17, 15) is 13.2 Å². The Bertz CT molecular complexity index is 853. The summed E-state index contributed by atoms with van der Waals surface area (Å²) in [6.07, 6.45) is 0. The third-order valence-corrected chi connectivity index (χ3v) is 6.81. The van der Waals surface area contributed by atoms with Gasteiger partial charge in [0.2, 0.25) is 10.0 Å². The van der Waals surface area contributed by atoms with Crippen LogP contribution in [0.4, 0.5) is 0 Å². The van der Waals surface area contributed by atoms with Gasteiger partial charge in [-0.3, -0.25) is 0 Å². The van der Waals surface area contributed by atoms with Crippen LogP contribution < -0.4 is 0 Å². The number of esters is 1. The number of nitrogens with zero attached hydrogens (tertiary/aromatic N) is 1. The highest BCUT2D eigenvalue weighted by molar-refractivity contribution is 7.89. The SMILES string of the molecule is Cc1ccsc1C(=O)OCc1cccc(S(=O)(=O)N2CCOCC2)c1. The third kappa shape index (κ3) is 4.09. The first kappa shape index (κ1) is 18.1. The van der Waals surface area contributed by atoms with E-state index in [2.05, 4.69) is 0 Å². The molecule has 1 aromatic heterocycles. The molecule has 3 rings (SSSR count). The quantitative estimate of drug-likeness (QED) is 0.744. The van der Waals surface area contributed by atoms with Gasteiger partial charge in [-0.05, 0) is 41.6 Å². The van der Waals surface area contributed by atoms with Gasteiger partial charge in [0.25, 0.3) is 0 Å². The van der Waals surface area contributed by atoms with Crippen LogP contribution in [-0.2, 0) is 26.1 Å². The van der Waals surface area contributed by atoms with Crippen LogP contribution in [0.2, 0.25) is 0 Å². The van der Waals surface area contributed by atoms with Gasteiger partial charge < -0.3 is 9.47 Å². The third-order valence-electron chi connectivity index (χ3n) is 3.92. The Morgan fingerprint density at radius 3 is 2.72 bits per heavy atom. The number of benzene rings is 1. The molecule has 2 aromatic rings. The molecule has 0 saturated carbocycles. The van der Waals surface area contributed by atoms with Crippen molar-refractivity contribution in [1.29, 1.82) is 0 Å². The zero-order valence-corrected chi connectivity index (χ0v) is 15.4. The highest BCUT2D eigenvalue weighted by Gasteiger charge is 2.26. The van der Waals surface area contributed by atoms with Gasteiger partial charge in [0, 0.05) is 13.1 Å². The number of morpholine rings is 1. The van der Waals surface area contributed by atoms with Crippen LogP contribution in [0.1, 0.15) is 20.8 Å². The fourth-order valence-electron chi connectivity index (χ4n) is 2.53. The predicted octanol–water partition coefficient (Wildman–Crippen LogP) is 2.43. The molecule has 8 heteroatoms. The van der Waals surface area contributed by atoms with Crippen molar-refractivity contribution in [3.05, 3.63) is 51.7 Å². The number of carbonyl (C=O) groups excluding carboxylic acids is 1. The van der Waals surface area contributed by atoms with Crippen molar-refractivity contribution < 1.29 is 22.7 Å². The second-order valence-electron chi connectivity index (χ2n) is 5.67. The first-order valence-corrected chi connectivity index (χ1v) is 10.2. The molecule has 1 aliphatic rings. The van der Waals surface area contributed by atoms with Crippen molar-refractivity contribution in [3.63, 3.8) is 0 Å². The highest BCUT2D eigenvalue weighted by Crippen LogP contribution is 2.20. The smallest absolute Gasteiger partial charge is 0.348 e. The fraction of sp³-hybridized carbons (Fsp3) is 0.353. The summed E-state index contributed by atoms with van der Waals surface area (Å²) < 4.78 is 37.3. The molecule has 0 spiro atoms. The lowest BCUT2D eigenvalue weighted by molar-refractivity contribution is 0.0477. The Kier molecular flexibility index (Phi) is 5.53. The van der Waals surface area contributed by atoms with Crippen LogP contribution in [0.15, 0.2) is 40.6 Å². The standard InChI is InChI=1S/C17H19NO5S2/c1-13-5-10-24-16(13)17(19)23-12-14-3-2-4-15(11-14)25(20,21)18-6-8-22-9-7-18/h2-5,10-11H,6-9,12H2,1H3. The molecule has 0 aliphatic carbocycles. The van der Waals surface area contributed by atoms with Gasteiger partial charge in [-0.15, -0.1) is 11.3 Å². The molecule has 0 amide bonds. The maximum absolute atomic E-state index is 12.7. The summed E-state index contributed by atoms with van der Waals surface area (Å²) in [5, 5.41) is 1.83. The van der Waals surface area contributed by atoms with E-state index in [4.69, 9.17) is 9.47 Å². The number of thiophene rings is 1. The number of hydrogen-bond acceptors (Lipinski definition) is 6. The van der Waals surface area contributed by atoms with Crippen LogP contribution >= 0.6 is 11.3 Å². The lowest BCUT2D eigenvalue weighted by Crippen LogP contribution is -2.40. The molecule has 0 bridgehead atoms. The zero-order valence-electron chi connectivity index (χ0n) is 13.8. The minimum absolute atomic E-state index is 0.0304. The van der Waals surface area contributed by atoms with Gasteiger partial charge in [-0.1, -0.05) is 12.1 Å². The normalized spacial score (nSPS) is 15.9. The summed E-state index contributed by atoms with van der Waals surface area (Å²) >= 11 is 1.33. The molecular weight excluding hydrogens is 362 g/mol. The lowest BCUT2D eigenvalue weighted by Gasteiger charge is -2.26. The minimum atomic E-state index is -3.56. The van der Waals surface area contributed by atoms with Gasteiger partial charge >= 0.3 is 5.97 Å². The molecule has 0 atom stereocenters. The molecule has 134 valence electrons. The van der Waals surface area contributed by atoms with E-state index >= 15 is 0 Å². The van der Waals surface area contributed by atoms with Gasteiger partial charge in [0.15, 0.2) is 0 Å². The number of aryl methyl sites for hydroxylation is 1. The first-order valence-electron chi connectivity index (χ1n) is 7.86. The maximum atomic E-state index is 12.7. The molecular formula is C17H19NO5S2. The van der Waals surface area contributed by atoms with E-state index in [0.29, 0.717) is 36.7 Å². The average Bonchev–Trinajstić information content (AvgIpc) is 3.07. The summed E-state index contributed by atoms with van der Waals surface area (Å²) in [6.45, 7) is 3.37. The van der Waals surface area contributed by atoms with Crippen molar-refractivity contribution in [1.82, 2.24) is 4.31 Å². The van der Waals surface area contributed by atoms with Crippen molar-refractivity contribution >= 4 is 27.3 Å². The number of hydrogen-bond donors (Lipinski definition) is 0. The largest absolute Gasteiger partial charge is 0.457 e. The van der Waals surface area contributed by atoms with E-state index in [1.165, 1.54) is 15.6 Å². The van der Waals surface area contributed by atoms with Crippen LogP contribution in [0.25, 0.3) is 0 Å². The van der Waals surface area contributed by atoms with Gasteiger partial charge in [0.1, 0.15) is 11.5 Å². The highest BCUT2D eigenvalue weighted by atomic mass is 32.2. The second kappa shape index (κ2) is 7.65. The Labute approximate surface area is 151 Å². The van der Waals surface area contributed by atoms with E-state index in [1.54, 1.807) is 24.3 Å². The molecule has 1 aliphatic heterocycles. The van der Waals surface area contributed by atoms with E-state index in [0.717, 1.165) is 5.56 Å². The Hall–Kier alpha value is -1.74. The van der Waals surface area contributed by atoms with Crippen LogP contribution in [0.5, 0.6) is 0 Å². The van der Waals surface area contributed by atoms with Crippen molar-refractivity contribution in [2.45, 2.75) is 18.4 Å². The predicted molar refractivity (Wildman–Crippen MR) is 94.2 cm³/mol. The Balaban J connectivity index is 1.71. The number of carbonyl (C=O) groups is 1. The summed E-state index contributed by atoms with van der Waals surface area (Å²) in [4.78, 5) is 12.8. The Morgan fingerprint density at radius 2 is 2.04 bits per heavy atom. The molecule has 2 heterocycles. The monoisotopic (exact) mass is 381 g/mol. The van der Waals surface area contributed by atoms with Gasteiger partial charge in [-0.2, -0.15) is 4.31 Å². The van der Waals surface area contributed by atoms with Crippen molar-refractivity contribution in [2.75, 3.05) is 26.3 Å². The molecule has 0 unspecified atom stereocenters. The summed E-state index contributed by atoms with van der Waals surface area (Å²) in [6, 6.07) is 8.37. The summed E-state index contributed by atoms with van der Waals surface area (Å²) in [5.41, 5.74) is 1.51. The molecule has 0 N–H and O–H groups in total. The van der Waals surface area contributed by atoms with Crippen LogP contribution in [0.3, 0.4) is 0 Å². The van der Waals surface area contributed by atoms with E-state index in [1.807, 2.05) is 18.4 Å². The van der Waals surface area contributed by atoms with Gasteiger partial charge in [0.05, 0.1) is 18.1 Å². The molecule has 25 heavy (non-hydrogen) atoms. The summed E-state index contributed by atoms with van der Waals surface area (Å²) in [7, 11) is -3.56. The van der Waals surface area contributed by atoms with Crippen molar-refractivity contribution in [3.8, 4) is 0 Å².